The van der Waals surface area contributed by atoms with Gasteiger partial charge in [-0.1, -0.05) is 19.3 Å². The number of fused-ring (bicyclic) bond motifs is 2. The molecule has 0 amide bonds. The van der Waals surface area contributed by atoms with Crippen molar-refractivity contribution in [2.75, 3.05) is 0 Å². The third-order valence-corrected chi connectivity index (χ3v) is 3.43. The molecule has 10 heavy (non-hydrogen) atoms. The van der Waals surface area contributed by atoms with E-state index in [1.807, 2.05) is 0 Å². The van der Waals surface area contributed by atoms with Gasteiger partial charge < -0.3 is 0 Å². The van der Waals surface area contributed by atoms with Gasteiger partial charge in [-0.2, -0.15) is 0 Å². The van der Waals surface area contributed by atoms with Crippen molar-refractivity contribution in [2.24, 2.45) is 11.8 Å². The minimum atomic E-state index is 0.518. The normalized spacial score (nSPS) is 47.1. The molecule has 2 saturated carbocycles. The zero-order valence-electron chi connectivity index (χ0n) is 6.35. The lowest BCUT2D eigenvalue weighted by atomic mass is 9.72. The van der Waals surface area contributed by atoms with Crippen LogP contribution in [0.25, 0.3) is 0 Å². The van der Waals surface area contributed by atoms with Crippen LogP contribution >= 0.6 is 11.6 Å². The third-order valence-electron chi connectivity index (χ3n) is 3.07. The molecular weight excluding hydrogens is 144 g/mol. The van der Waals surface area contributed by atoms with Crippen molar-refractivity contribution in [1.29, 1.82) is 0 Å². The van der Waals surface area contributed by atoms with Crippen LogP contribution in [0.4, 0.5) is 0 Å². The van der Waals surface area contributed by atoms with Gasteiger partial charge in [0.1, 0.15) is 0 Å². The summed E-state index contributed by atoms with van der Waals surface area (Å²) in [6.07, 6.45) is 8.48. The summed E-state index contributed by atoms with van der Waals surface area (Å²) in [6, 6.07) is 0. The van der Waals surface area contributed by atoms with Crippen LogP contribution in [0.1, 0.15) is 38.5 Å². The van der Waals surface area contributed by atoms with Crippen LogP contribution in [0.3, 0.4) is 0 Å². The summed E-state index contributed by atoms with van der Waals surface area (Å²) < 4.78 is 0. The average molecular weight is 159 g/mol. The lowest BCUT2D eigenvalue weighted by Crippen LogP contribution is -2.26. The molecule has 0 radical (unpaired) electrons. The first-order valence-corrected chi connectivity index (χ1v) is 4.92. The molecule has 0 heterocycles. The van der Waals surface area contributed by atoms with Crippen molar-refractivity contribution in [2.45, 2.75) is 43.9 Å². The number of hydrogen-bond donors (Lipinski definition) is 0. The monoisotopic (exact) mass is 158 g/mol. The Kier molecular flexibility index (Phi) is 1.90. The molecule has 2 rings (SSSR count). The molecule has 0 aromatic heterocycles. The second-order valence-electron chi connectivity index (χ2n) is 3.97. The van der Waals surface area contributed by atoms with Crippen LogP contribution in [0.15, 0.2) is 0 Å². The van der Waals surface area contributed by atoms with Crippen molar-refractivity contribution in [3.63, 3.8) is 0 Å². The molecule has 2 atom stereocenters. The fraction of sp³-hybridized carbons (Fsp3) is 1.00. The summed E-state index contributed by atoms with van der Waals surface area (Å²) in [5.41, 5.74) is 0. The van der Waals surface area contributed by atoms with Gasteiger partial charge in [-0.25, -0.2) is 0 Å². The predicted molar refractivity (Wildman–Crippen MR) is 44.3 cm³/mol. The predicted octanol–water partition coefficient (Wildman–Crippen LogP) is 3.19. The molecule has 1 heteroatoms. The summed E-state index contributed by atoms with van der Waals surface area (Å²) in [4.78, 5) is 0. The van der Waals surface area contributed by atoms with Crippen molar-refractivity contribution < 1.29 is 0 Å². The van der Waals surface area contributed by atoms with E-state index in [0.717, 1.165) is 11.8 Å². The Hall–Kier alpha value is 0.290. The van der Waals surface area contributed by atoms with Gasteiger partial charge in [-0.15, -0.1) is 11.6 Å². The molecule has 2 aliphatic rings. The number of alkyl halides is 1. The SMILES string of the molecule is ClC1CC2CCCC(C1)C2. The second kappa shape index (κ2) is 2.73. The van der Waals surface area contributed by atoms with E-state index in [0.29, 0.717) is 5.38 Å². The fourth-order valence-corrected chi connectivity index (χ4v) is 3.15. The molecule has 0 aliphatic heterocycles. The zero-order chi connectivity index (χ0) is 6.97. The van der Waals surface area contributed by atoms with Gasteiger partial charge in [-0.3, -0.25) is 0 Å². The molecule has 2 bridgehead atoms. The largest absolute Gasteiger partial charge is 0.123 e. The van der Waals surface area contributed by atoms with Gasteiger partial charge in [0.2, 0.25) is 0 Å². The van der Waals surface area contributed by atoms with Gasteiger partial charge in [0.05, 0.1) is 0 Å². The highest BCUT2D eigenvalue weighted by molar-refractivity contribution is 6.20. The molecule has 0 aromatic rings. The molecule has 0 spiro atoms. The van der Waals surface area contributed by atoms with Crippen LogP contribution in [0.5, 0.6) is 0 Å². The summed E-state index contributed by atoms with van der Waals surface area (Å²) in [6.45, 7) is 0. The Labute approximate surface area is 68.0 Å². The first kappa shape index (κ1) is 6.97. The van der Waals surface area contributed by atoms with Crippen molar-refractivity contribution in [3.8, 4) is 0 Å². The smallest absolute Gasteiger partial charge is 0.0341 e. The average Bonchev–Trinajstić information content (AvgIpc) is 1.85. The van der Waals surface area contributed by atoms with E-state index in [9.17, 15) is 0 Å². The molecule has 0 nitrogen and oxygen atoms in total. The highest BCUT2D eigenvalue weighted by atomic mass is 35.5. The topological polar surface area (TPSA) is 0 Å². The van der Waals surface area contributed by atoms with E-state index in [4.69, 9.17) is 11.6 Å². The Morgan fingerprint density at radius 3 is 2.10 bits per heavy atom. The van der Waals surface area contributed by atoms with Crippen LogP contribution in [0.2, 0.25) is 0 Å². The van der Waals surface area contributed by atoms with Crippen molar-refractivity contribution in [3.05, 3.63) is 0 Å². The maximum Gasteiger partial charge on any atom is 0.0341 e. The van der Waals surface area contributed by atoms with Gasteiger partial charge >= 0.3 is 0 Å². The third kappa shape index (κ3) is 1.32. The van der Waals surface area contributed by atoms with Crippen molar-refractivity contribution >= 4 is 11.6 Å². The van der Waals surface area contributed by atoms with Crippen LogP contribution in [-0.4, -0.2) is 5.38 Å². The molecule has 2 unspecified atom stereocenters. The minimum absolute atomic E-state index is 0.518. The molecule has 58 valence electrons. The van der Waals surface area contributed by atoms with Crippen LogP contribution < -0.4 is 0 Å². The molecule has 0 aromatic carbocycles. The van der Waals surface area contributed by atoms with Crippen molar-refractivity contribution in [1.82, 2.24) is 0 Å². The minimum Gasteiger partial charge on any atom is -0.123 e. The Morgan fingerprint density at radius 1 is 0.900 bits per heavy atom. The number of hydrogen-bond acceptors (Lipinski definition) is 0. The molecule has 2 fully saturated rings. The van der Waals surface area contributed by atoms with E-state index in [1.165, 1.54) is 38.5 Å². The first-order valence-electron chi connectivity index (χ1n) is 4.48. The highest BCUT2D eigenvalue weighted by Crippen LogP contribution is 2.41. The standard InChI is InChI=1S/C9H15Cl/c10-9-5-7-2-1-3-8(4-7)6-9/h7-9H,1-6H2. The van der Waals surface area contributed by atoms with E-state index >= 15 is 0 Å². The molecule has 2 aliphatic carbocycles. The molecule has 0 N–H and O–H groups in total. The lowest BCUT2D eigenvalue weighted by Gasteiger charge is -2.36. The first-order chi connectivity index (χ1) is 4.84. The van der Waals surface area contributed by atoms with E-state index < -0.39 is 0 Å². The summed E-state index contributed by atoms with van der Waals surface area (Å²) in [7, 11) is 0. The van der Waals surface area contributed by atoms with Gasteiger partial charge in [0.15, 0.2) is 0 Å². The Balaban J connectivity index is 1.98. The summed E-state index contributed by atoms with van der Waals surface area (Å²) in [5.74, 6) is 1.99. The summed E-state index contributed by atoms with van der Waals surface area (Å²) in [5, 5.41) is 0.518. The molecular formula is C9H15Cl. The lowest BCUT2D eigenvalue weighted by molar-refractivity contribution is 0.194. The maximum atomic E-state index is 6.12. The quantitative estimate of drug-likeness (QED) is 0.475. The second-order valence-corrected chi connectivity index (χ2v) is 4.58. The van der Waals surface area contributed by atoms with E-state index in [1.54, 1.807) is 0 Å². The summed E-state index contributed by atoms with van der Waals surface area (Å²) >= 11 is 6.12. The van der Waals surface area contributed by atoms with Gasteiger partial charge in [0, 0.05) is 5.38 Å². The Bertz CT molecular complexity index is 106. The fourth-order valence-electron chi connectivity index (χ4n) is 2.65. The number of halogens is 1. The molecule has 0 saturated heterocycles. The van der Waals surface area contributed by atoms with Crippen LogP contribution in [-0.2, 0) is 0 Å². The maximum absolute atomic E-state index is 6.12. The van der Waals surface area contributed by atoms with Gasteiger partial charge in [0.25, 0.3) is 0 Å². The highest BCUT2D eigenvalue weighted by Gasteiger charge is 2.30. The number of rotatable bonds is 0. The Morgan fingerprint density at radius 2 is 1.50 bits per heavy atom. The van der Waals surface area contributed by atoms with Crippen LogP contribution in [0, 0.1) is 11.8 Å². The van der Waals surface area contributed by atoms with E-state index in [-0.39, 0.29) is 0 Å². The van der Waals surface area contributed by atoms with E-state index in [2.05, 4.69) is 0 Å². The zero-order valence-corrected chi connectivity index (χ0v) is 7.11. The van der Waals surface area contributed by atoms with Gasteiger partial charge in [-0.05, 0) is 31.1 Å².